The Morgan fingerprint density at radius 2 is 2.19 bits per heavy atom. The fourth-order valence-corrected chi connectivity index (χ4v) is 3.44. The summed E-state index contributed by atoms with van der Waals surface area (Å²) in [5.74, 6) is -1.27. The third-order valence-electron chi connectivity index (χ3n) is 4.83. The lowest BCUT2D eigenvalue weighted by atomic mass is 10.0. The predicted octanol–water partition coefficient (Wildman–Crippen LogP) is 2.21. The zero-order chi connectivity index (χ0) is 19.1. The molecule has 1 atom stereocenters. The van der Waals surface area contributed by atoms with Crippen molar-refractivity contribution in [3.05, 3.63) is 41.3 Å². The normalized spacial score (nSPS) is 17.4. The van der Waals surface area contributed by atoms with Gasteiger partial charge in [0.1, 0.15) is 0 Å². The minimum atomic E-state index is -0.739. The van der Waals surface area contributed by atoms with Gasteiger partial charge < -0.3 is 15.3 Å². The molecule has 27 heavy (non-hydrogen) atoms. The lowest BCUT2D eigenvalue weighted by molar-refractivity contribution is 0.0711. The Balaban J connectivity index is 1.84. The molecular formula is C19H20FN5O2. The fraction of sp³-hybridized carbons (Fsp3) is 0.316. The van der Waals surface area contributed by atoms with E-state index in [0.29, 0.717) is 40.9 Å². The Bertz CT molecular complexity index is 1030. The molecule has 0 spiro atoms. The number of carbonyl (C=O) groups is 1. The summed E-state index contributed by atoms with van der Waals surface area (Å²) in [5, 5.41) is 20.5. The van der Waals surface area contributed by atoms with Crippen LogP contribution in [-0.2, 0) is 0 Å². The number of carbonyl (C=O) groups excluding carboxylic acids is 1. The summed E-state index contributed by atoms with van der Waals surface area (Å²) >= 11 is 0. The van der Waals surface area contributed by atoms with Gasteiger partial charge in [0.25, 0.3) is 5.91 Å². The number of aromatic amines is 1. The van der Waals surface area contributed by atoms with Gasteiger partial charge in [-0.15, -0.1) is 0 Å². The Morgan fingerprint density at radius 3 is 2.93 bits per heavy atom. The number of halogens is 1. The summed E-state index contributed by atoms with van der Waals surface area (Å²) < 4.78 is 13.8. The fourth-order valence-electron chi connectivity index (χ4n) is 3.44. The molecule has 1 aliphatic rings. The average Bonchev–Trinajstić information content (AvgIpc) is 3.04. The van der Waals surface area contributed by atoms with Crippen LogP contribution in [0.15, 0.2) is 24.3 Å². The van der Waals surface area contributed by atoms with Gasteiger partial charge in [0.05, 0.1) is 16.6 Å². The predicted molar refractivity (Wildman–Crippen MR) is 99.1 cm³/mol. The molecule has 8 heteroatoms. The van der Waals surface area contributed by atoms with Crippen molar-refractivity contribution in [2.45, 2.75) is 19.9 Å². The molecule has 1 aromatic carbocycles. The SMILES string of the molecule is Cc1[nH]nc2nc(-c3ccc(O)c(F)c3)cc(C(=O)N3CCN[C@@H](C)C3)c12. The van der Waals surface area contributed by atoms with Crippen LogP contribution in [0, 0.1) is 12.7 Å². The Morgan fingerprint density at radius 1 is 1.37 bits per heavy atom. The highest BCUT2D eigenvalue weighted by atomic mass is 19.1. The number of piperazine rings is 1. The second-order valence-corrected chi connectivity index (χ2v) is 6.87. The van der Waals surface area contributed by atoms with Crippen LogP contribution in [0.4, 0.5) is 4.39 Å². The smallest absolute Gasteiger partial charge is 0.254 e. The minimum absolute atomic E-state index is 0.0965. The van der Waals surface area contributed by atoms with Crippen molar-refractivity contribution in [3.63, 3.8) is 0 Å². The number of amides is 1. The van der Waals surface area contributed by atoms with Crippen LogP contribution in [0.25, 0.3) is 22.3 Å². The highest BCUT2D eigenvalue weighted by Crippen LogP contribution is 2.29. The number of aromatic hydroxyl groups is 1. The number of benzene rings is 1. The molecule has 0 aliphatic carbocycles. The molecule has 1 aliphatic heterocycles. The monoisotopic (exact) mass is 369 g/mol. The lowest BCUT2D eigenvalue weighted by Crippen LogP contribution is -2.51. The van der Waals surface area contributed by atoms with Crippen LogP contribution in [-0.4, -0.2) is 56.8 Å². The number of aromatic nitrogens is 3. The van der Waals surface area contributed by atoms with Gasteiger partial charge in [0, 0.05) is 36.9 Å². The van der Waals surface area contributed by atoms with Crippen molar-refractivity contribution >= 4 is 16.9 Å². The number of rotatable bonds is 2. The van der Waals surface area contributed by atoms with Crippen LogP contribution < -0.4 is 5.32 Å². The first-order valence-electron chi connectivity index (χ1n) is 8.81. The standard InChI is InChI=1S/C19H20FN5O2/c1-10-9-25(6-5-21-10)19(27)13-8-15(12-3-4-16(26)14(20)7-12)22-18-17(13)11(2)23-24-18/h3-4,7-8,10,21,26H,5-6,9H2,1-2H3,(H,22,23,24)/t10-/m0/s1. The number of fused-ring (bicyclic) bond motifs is 1. The molecule has 0 unspecified atom stereocenters. The van der Waals surface area contributed by atoms with Crippen molar-refractivity contribution < 1.29 is 14.3 Å². The summed E-state index contributed by atoms with van der Waals surface area (Å²) in [6, 6.07) is 5.92. The van der Waals surface area contributed by atoms with Gasteiger partial charge in [-0.3, -0.25) is 9.89 Å². The largest absolute Gasteiger partial charge is 0.505 e. The van der Waals surface area contributed by atoms with Crippen LogP contribution in [0.5, 0.6) is 5.75 Å². The third-order valence-corrected chi connectivity index (χ3v) is 4.83. The van der Waals surface area contributed by atoms with Crippen LogP contribution in [0.2, 0.25) is 0 Å². The summed E-state index contributed by atoms with van der Waals surface area (Å²) in [7, 11) is 0. The Hall–Kier alpha value is -3.00. The lowest BCUT2D eigenvalue weighted by Gasteiger charge is -2.32. The van der Waals surface area contributed by atoms with E-state index in [9.17, 15) is 14.3 Å². The number of hydrogen-bond donors (Lipinski definition) is 3. The molecule has 2 aromatic heterocycles. The van der Waals surface area contributed by atoms with Crippen molar-refractivity contribution in [2.24, 2.45) is 0 Å². The average molecular weight is 369 g/mol. The summed E-state index contributed by atoms with van der Waals surface area (Å²) in [6.07, 6.45) is 0. The van der Waals surface area contributed by atoms with E-state index in [0.717, 1.165) is 12.2 Å². The third kappa shape index (κ3) is 3.12. The minimum Gasteiger partial charge on any atom is -0.505 e. The number of hydrogen-bond acceptors (Lipinski definition) is 5. The van der Waals surface area contributed by atoms with Crippen LogP contribution in [0.3, 0.4) is 0 Å². The quantitative estimate of drug-likeness (QED) is 0.644. The summed E-state index contributed by atoms with van der Waals surface area (Å²) in [5.41, 5.74) is 2.55. The second-order valence-electron chi connectivity index (χ2n) is 6.87. The van der Waals surface area contributed by atoms with Gasteiger partial charge in [0.2, 0.25) is 0 Å². The van der Waals surface area contributed by atoms with Crippen molar-refractivity contribution in [1.29, 1.82) is 0 Å². The van der Waals surface area contributed by atoms with E-state index in [4.69, 9.17) is 0 Å². The number of nitrogens with one attached hydrogen (secondary N) is 2. The Labute approximate surface area is 155 Å². The zero-order valence-electron chi connectivity index (χ0n) is 15.1. The first-order chi connectivity index (χ1) is 12.9. The molecule has 1 saturated heterocycles. The van der Waals surface area contributed by atoms with E-state index in [1.807, 2.05) is 18.7 Å². The number of aryl methyl sites for hydroxylation is 1. The molecule has 140 valence electrons. The molecule has 1 amide bonds. The van der Waals surface area contributed by atoms with Gasteiger partial charge in [-0.2, -0.15) is 5.10 Å². The molecule has 1 fully saturated rings. The molecule has 0 bridgehead atoms. The first kappa shape index (κ1) is 17.4. The first-order valence-corrected chi connectivity index (χ1v) is 8.81. The number of phenolic OH excluding ortho intramolecular Hbond substituents is 1. The van der Waals surface area contributed by atoms with Crippen LogP contribution >= 0.6 is 0 Å². The summed E-state index contributed by atoms with van der Waals surface area (Å²) in [6.45, 7) is 5.85. The van der Waals surface area contributed by atoms with Gasteiger partial charge >= 0.3 is 0 Å². The van der Waals surface area contributed by atoms with E-state index in [1.165, 1.54) is 12.1 Å². The molecule has 7 nitrogen and oxygen atoms in total. The van der Waals surface area contributed by atoms with E-state index >= 15 is 0 Å². The molecule has 0 radical (unpaired) electrons. The number of nitrogens with zero attached hydrogens (tertiary/aromatic N) is 3. The maximum atomic E-state index is 13.8. The number of pyridine rings is 1. The van der Waals surface area contributed by atoms with E-state index in [2.05, 4.69) is 20.5 Å². The van der Waals surface area contributed by atoms with E-state index in [1.54, 1.807) is 12.1 Å². The van der Waals surface area contributed by atoms with E-state index < -0.39 is 11.6 Å². The van der Waals surface area contributed by atoms with Crippen LogP contribution in [0.1, 0.15) is 23.0 Å². The molecule has 3 aromatic rings. The highest BCUT2D eigenvalue weighted by molar-refractivity contribution is 6.07. The topological polar surface area (TPSA) is 94.1 Å². The zero-order valence-corrected chi connectivity index (χ0v) is 15.1. The molecule has 3 N–H and O–H groups in total. The molecule has 4 rings (SSSR count). The van der Waals surface area contributed by atoms with Crippen molar-refractivity contribution in [3.8, 4) is 17.0 Å². The molecule has 3 heterocycles. The number of H-pyrrole nitrogens is 1. The maximum Gasteiger partial charge on any atom is 0.254 e. The second kappa shape index (κ2) is 6.62. The Kier molecular flexibility index (Phi) is 4.27. The van der Waals surface area contributed by atoms with E-state index in [-0.39, 0.29) is 11.9 Å². The van der Waals surface area contributed by atoms with Crippen molar-refractivity contribution in [1.82, 2.24) is 25.4 Å². The van der Waals surface area contributed by atoms with Gasteiger partial charge in [-0.05, 0) is 38.1 Å². The molecular weight excluding hydrogens is 349 g/mol. The maximum absolute atomic E-state index is 13.8. The van der Waals surface area contributed by atoms with Gasteiger partial charge in [0.15, 0.2) is 17.2 Å². The van der Waals surface area contributed by atoms with Gasteiger partial charge in [-0.1, -0.05) is 0 Å². The van der Waals surface area contributed by atoms with Gasteiger partial charge in [-0.25, -0.2) is 9.37 Å². The number of phenols is 1. The summed E-state index contributed by atoms with van der Waals surface area (Å²) in [4.78, 5) is 19.5. The molecule has 0 saturated carbocycles. The van der Waals surface area contributed by atoms with Crippen molar-refractivity contribution in [2.75, 3.05) is 19.6 Å². The highest BCUT2D eigenvalue weighted by Gasteiger charge is 2.25.